The molecule has 0 N–H and O–H groups in total. The fraction of sp³-hybridized carbons (Fsp3) is 0.440. The number of nitrogens with zero attached hydrogens (tertiary/aromatic N) is 2. The van der Waals surface area contributed by atoms with Crippen molar-refractivity contribution >= 4 is 11.8 Å². The number of rotatable bonds is 8. The highest BCUT2D eigenvalue weighted by molar-refractivity contribution is 5.83. The van der Waals surface area contributed by atoms with Crippen molar-refractivity contribution in [1.29, 1.82) is 0 Å². The van der Waals surface area contributed by atoms with Crippen LogP contribution in [-0.2, 0) is 9.59 Å². The van der Waals surface area contributed by atoms with Gasteiger partial charge in [0.2, 0.25) is 0 Å². The Bertz CT molecular complexity index is 758. The summed E-state index contributed by atoms with van der Waals surface area (Å²) in [5, 5.41) is 0. The smallest absolute Gasteiger partial charge is 0.263 e. The fourth-order valence-electron chi connectivity index (χ4n) is 3.71. The van der Waals surface area contributed by atoms with Gasteiger partial charge in [0.25, 0.3) is 11.8 Å². The van der Waals surface area contributed by atoms with E-state index in [0.717, 1.165) is 6.42 Å². The van der Waals surface area contributed by atoms with Gasteiger partial charge in [0, 0.05) is 26.2 Å². The number of amides is 2. The highest BCUT2D eigenvalue weighted by atomic mass is 16.5. The Balaban J connectivity index is 1.58. The standard InChI is InChI=1S/C25H32N2O4/c1-3-22(30-20-12-7-5-8-13-20)24(28)26-16-11-17-27(19-18-26)25(29)23(4-2)31-21-14-9-6-10-15-21/h5-10,12-15,22-23H,3-4,11,16-19H2,1-2H3/t22-,23-/m1/s1. The van der Waals surface area contributed by atoms with Crippen LogP contribution in [0.1, 0.15) is 33.1 Å². The zero-order valence-electron chi connectivity index (χ0n) is 18.4. The third-order valence-electron chi connectivity index (χ3n) is 5.45. The Hall–Kier alpha value is -3.02. The van der Waals surface area contributed by atoms with Gasteiger partial charge in [-0.2, -0.15) is 0 Å². The van der Waals surface area contributed by atoms with E-state index >= 15 is 0 Å². The minimum Gasteiger partial charge on any atom is -0.481 e. The van der Waals surface area contributed by atoms with Crippen molar-refractivity contribution in [1.82, 2.24) is 9.80 Å². The van der Waals surface area contributed by atoms with Crippen molar-refractivity contribution in [3.63, 3.8) is 0 Å². The molecule has 0 aliphatic carbocycles. The largest absolute Gasteiger partial charge is 0.481 e. The number of para-hydroxylation sites is 2. The molecule has 0 saturated carbocycles. The summed E-state index contributed by atoms with van der Waals surface area (Å²) in [4.78, 5) is 29.8. The van der Waals surface area contributed by atoms with Crippen LogP contribution in [0, 0.1) is 0 Å². The minimum absolute atomic E-state index is 0.0202. The lowest BCUT2D eigenvalue weighted by molar-refractivity contribution is -0.141. The maximum absolute atomic E-state index is 13.1. The second-order valence-electron chi connectivity index (χ2n) is 7.66. The lowest BCUT2D eigenvalue weighted by Gasteiger charge is -2.27. The molecule has 2 amide bonds. The number of benzene rings is 2. The summed E-state index contributed by atoms with van der Waals surface area (Å²) in [6, 6.07) is 18.8. The van der Waals surface area contributed by atoms with Crippen LogP contribution in [0.25, 0.3) is 0 Å². The van der Waals surface area contributed by atoms with Gasteiger partial charge in [-0.1, -0.05) is 50.2 Å². The van der Waals surface area contributed by atoms with Gasteiger partial charge in [0.05, 0.1) is 0 Å². The lowest BCUT2D eigenvalue weighted by Crippen LogP contribution is -2.46. The molecule has 3 rings (SSSR count). The minimum atomic E-state index is -0.519. The van der Waals surface area contributed by atoms with Gasteiger partial charge in [-0.3, -0.25) is 9.59 Å². The molecule has 6 nitrogen and oxygen atoms in total. The number of ether oxygens (including phenoxy) is 2. The van der Waals surface area contributed by atoms with Crippen LogP contribution in [0.15, 0.2) is 60.7 Å². The van der Waals surface area contributed by atoms with Gasteiger partial charge >= 0.3 is 0 Å². The predicted octanol–water partition coefficient (Wildman–Crippen LogP) is 3.76. The fourth-order valence-corrected chi connectivity index (χ4v) is 3.71. The molecule has 2 atom stereocenters. The summed E-state index contributed by atoms with van der Waals surface area (Å²) in [5.74, 6) is 1.35. The van der Waals surface area contributed by atoms with E-state index in [4.69, 9.17) is 9.47 Å². The Labute approximate surface area is 184 Å². The van der Waals surface area contributed by atoms with Gasteiger partial charge in [-0.25, -0.2) is 0 Å². The van der Waals surface area contributed by atoms with Crippen LogP contribution < -0.4 is 9.47 Å². The molecule has 2 aromatic carbocycles. The molecule has 1 aliphatic rings. The molecule has 0 radical (unpaired) electrons. The maximum Gasteiger partial charge on any atom is 0.263 e. The summed E-state index contributed by atoms with van der Waals surface area (Å²) in [5.41, 5.74) is 0. The number of hydrogen-bond donors (Lipinski definition) is 0. The molecule has 6 heteroatoms. The second kappa shape index (κ2) is 11.4. The molecule has 0 unspecified atom stereocenters. The molecule has 0 aromatic heterocycles. The van der Waals surface area contributed by atoms with Crippen molar-refractivity contribution in [2.75, 3.05) is 26.2 Å². The van der Waals surface area contributed by atoms with E-state index in [1.54, 1.807) is 0 Å². The first-order valence-electron chi connectivity index (χ1n) is 11.1. The maximum atomic E-state index is 13.1. The average Bonchev–Trinajstić information content (AvgIpc) is 3.08. The molecule has 2 aromatic rings. The van der Waals surface area contributed by atoms with Crippen LogP contribution in [-0.4, -0.2) is 60.0 Å². The van der Waals surface area contributed by atoms with E-state index in [-0.39, 0.29) is 11.8 Å². The highest BCUT2D eigenvalue weighted by Crippen LogP contribution is 2.17. The molecular weight excluding hydrogens is 392 g/mol. The molecule has 1 heterocycles. The SMILES string of the molecule is CC[C@@H](Oc1ccccc1)C(=O)N1CCCN(C(=O)[C@@H](CC)Oc2ccccc2)CC1. The monoisotopic (exact) mass is 424 g/mol. The van der Waals surface area contributed by atoms with Crippen molar-refractivity contribution in [3.05, 3.63) is 60.7 Å². The average molecular weight is 425 g/mol. The number of carbonyl (C=O) groups is 2. The Morgan fingerprint density at radius 2 is 1.10 bits per heavy atom. The molecule has 0 spiro atoms. The van der Waals surface area contributed by atoms with Gasteiger partial charge in [-0.15, -0.1) is 0 Å². The first-order valence-corrected chi connectivity index (χ1v) is 11.1. The molecule has 0 bridgehead atoms. The zero-order chi connectivity index (χ0) is 22.1. The van der Waals surface area contributed by atoms with Crippen LogP contribution in [0.4, 0.5) is 0 Å². The van der Waals surface area contributed by atoms with E-state index in [9.17, 15) is 9.59 Å². The van der Waals surface area contributed by atoms with Crippen molar-refractivity contribution in [2.24, 2.45) is 0 Å². The third kappa shape index (κ3) is 6.23. The molecule has 31 heavy (non-hydrogen) atoms. The summed E-state index contributed by atoms with van der Waals surface area (Å²) in [6.45, 7) is 6.14. The van der Waals surface area contributed by atoms with Crippen LogP contribution in [0.2, 0.25) is 0 Å². The Morgan fingerprint density at radius 3 is 1.45 bits per heavy atom. The quantitative estimate of drug-likeness (QED) is 0.647. The van der Waals surface area contributed by atoms with E-state index in [0.29, 0.717) is 50.5 Å². The van der Waals surface area contributed by atoms with E-state index in [2.05, 4.69) is 0 Å². The van der Waals surface area contributed by atoms with Crippen LogP contribution in [0.3, 0.4) is 0 Å². The lowest BCUT2D eigenvalue weighted by atomic mass is 10.2. The molecule has 166 valence electrons. The molecule has 1 fully saturated rings. The number of hydrogen-bond acceptors (Lipinski definition) is 4. The molecule has 1 saturated heterocycles. The van der Waals surface area contributed by atoms with Gasteiger partial charge in [-0.05, 0) is 43.5 Å². The number of carbonyl (C=O) groups excluding carboxylic acids is 2. The third-order valence-corrected chi connectivity index (χ3v) is 5.45. The Kier molecular flexibility index (Phi) is 8.33. The summed E-state index contributed by atoms with van der Waals surface area (Å²) < 4.78 is 11.8. The predicted molar refractivity (Wildman–Crippen MR) is 120 cm³/mol. The second-order valence-corrected chi connectivity index (χ2v) is 7.66. The van der Waals surface area contributed by atoms with E-state index in [1.165, 1.54) is 0 Å². The van der Waals surface area contributed by atoms with Crippen molar-refractivity contribution in [3.8, 4) is 11.5 Å². The Morgan fingerprint density at radius 1 is 0.710 bits per heavy atom. The summed E-state index contributed by atoms with van der Waals surface area (Å²) in [6.07, 6.45) is 0.885. The van der Waals surface area contributed by atoms with Crippen LogP contribution >= 0.6 is 0 Å². The first kappa shape index (κ1) is 22.7. The van der Waals surface area contributed by atoms with Crippen molar-refractivity contribution < 1.29 is 19.1 Å². The van der Waals surface area contributed by atoms with Gasteiger partial charge in [0.1, 0.15) is 11.5 Å². The summed E-state index contributed by atoms with van der Waals surface area (Å²) >= 11 is 0. The van der Waals surface area contributed by atoms with Gasteiger partial charge in [0.15, 0.2) is 12.2 Å². The molecular formula is C25H32N2O4. The highest BCUT2D eigenvalue weighted by Gasteiger charge is 2.30. The van der Waals surface area contributed by atoms with E-state index < -0.39 is 12.2 Å². The topological polar surface area (TPSA) is 59.1 Å². The zero-order valence-corrected chi connectivity index (χ0v) is 18.4. The van der Waals surface area contributed by atoms with Crippen molar-refractivity contribution in [2.45, 2.75) is 45.3 Å². The normalized spacial score (nSPS) is 16.2. The van der Waals surface area contributed by atoms with Crippen LogP contribution in [0.5, 0.6) is 11.5 Å². The first-order chi connectivity index (χ1) is 15.1. The van der Waals surface area contributed by atoms with E-state index in [1.807, 2.05) is 84.3 Å². The summed E-state index contributed by atoms with van der Waals surface area (Å²) in [7, 11) is 0. The molecule has 1 aliphatic heterocycles. The van der Waals surface area contributed by atoms with Gasteiger partial charge < -0.3 is 19.3 Å².